The first-order valence-corrected chi connectivity index (χ1v) is 10.8. The molecule has 0 aliphatic carbocycles. The lowest BCUT2D eigenvalue weighted by Gasteiger charge is -2.26. The molecule has 1 aliphatic rings. The van der Waals surface area contributed by atoms with Crippen LogP contribution in [0.2, 0.25) is 5.02 Å². The van der Waals surface area contributed by atoms with Crippen molar-refractivity contribution in [3.05, 3.63) is 93.5 Å². The van der Waals surface area contributed by atoms with E-state index in [-0.39, 0.29) is 33.3 Å². The number of amides is 1. The van der Waals surface area contributed by atoms with E-state index >= 15 is 0 Å². The van der Waals surface area contributed by atoms with Gasteiger partial charge < -0.3 is 14.6 Å². The molecule has 1 unspecified atom stereocenters. The molecule has 3 aromatic carbocycles. The maximum absolute atomic E-state index is 14.1. The number of carbonyl (C=O) groups is 2. The molecule has 0 radical (unpaired) electrons. The van der Waals surface area contributed by atoms with Crippen LogP contribution in [0.4, 0.5) is 14.5 Å². The Morgan fingerprint density at radius 2 is 1.69 bits per heavy atom. The minimum absolute atomic E-state index is 0.0443. The smallest absolute Gasteiger partial charge is 0.300 e. The van der Waals surface area contributed by atoms with Gasteiger partial charge in [0.1, 0.15) is 17.3 Å². The standard InChI is InChI=1S/C26H20ClF2NO5/c1-13-5-4-6-14(9-13)23-22(24(31)16-11-21(35-3)17(27)12-20(16)34-2)25(32)26(33)30(23)15-7-8-18(28)19(29)10-15/h4-12,23,31H,1-3H3/b24-22+. The van der Waals surface area contributed by atoms with Crippen molar-refractivity contribution in [1.82, 2.24) is 0 Å². The number of hydrogen-bond donors (Lipinski definition) is 1. The predicted molar refractivity (Wildman–Crippen MR) is 127 cm³/mol. The maximum atomic E-state index is 14.1. The Morgan fingerprint density at radius 1 is 0.971 bits per heavy atom. The molecule has 1 saturated heterocycles. The molecule has 4 rings (SSSR count). The van der Waals surface area contributed by atoms with Gasteiger partial charge in [0, 0.05) is 17.8 Å². The molecule has 1 heterocycles. The number of nitrogens with zero attached hydrogens (tertiary/aromatic N) is 1. The minimum Gasteiger partial charge on any atom is -0.507 e. The Morgan fingerprint density at radius 3 is 2.31 bits per heavy atom. The molecule has 1 atom stereocenters. The zero-order valence-corrected chi connectivity index (χ0v) is 19.7. The van der Waals surface area contributed by atoms with Gasteiger partial charge in [-0.05, 0) is 30.7 Å². The van der Waals surface area contributed by atoms with E-state index in [9.17, 15) is 23.5 Å². The molecular weight excluding hydrogens is 480 g/mol. The molecule has 0 spiro atoms. The van der Waals surface area contributed by atoms with Crippen LogP contribution >= 0.6 is 11.6 Å². The molecule has 0 bridgehead atoms. The number of hydrogen-bond acceptors (Lipinski definition) is 5. The van der Waals surface area contributed by atoms with E-state index < -0.39 is 35.1 Å². The summed E-state index contributed by atoms with van der Waals surface area (Å²) >= 11 is 6.17. The predicted octanol–water partition coefficient (Wildman–Crippen LogP) is 5.57. The zero-order valence-electron chi connectivity index (χ0n) is 18.9. The summed E-state index contributed by atoms with van der Waals surface area (Å²) in [7, 11) is 2.74. The van der Waals surface area contributed by atoms with Crippen molar-refractivity contribution in [3.63, 3.8) is 0 Å². The van der Waals surface area contributed by atoms with Gasteiger partial charge in [0.05, 0.1) is 36.4 Å². The van der Waals surface area contributed by atoms with E-state index in [2.05, 4.69) is 0 Å². The number of benzene rings is 3. The van der Waals surface area contributed by atoms with Gasteiger partial charge in [-0.2, -0.15) is 0 Å². The van der Waals surface area contributed by atoms with Crippen LogP contribution in [0.5, 0.6) is 11.5 Å². The van der Waals surface area contributed by atoms with Crippen LogP contribution < -0.4 is 14.4 Å². The van der Waals surface area contributed by atoms with Gasteiger partial charge in [-0.15, -0.1) is 0 Å². The number of aryl methyl sites for hydroxylation is 1. The summed E-state index contributed by atoms with van der Waals surface area (Å²) < 4.78 is 38.3. The van der Waals surface area contributed by atoms with E-state index in [1.54, 1.807) is 18.2 Å². The van der Waals surface area contributed by atoms with E-state index in [1.165, 1.54) is 32.4 Å². The second-order valence-electron chi connectivity index (χ2n) is 7.87. The highest BCUT2D eigenvalue weighted by Crippen LogP contribution is 2.45. The number of anilines is 1. The van der Waals surface area contributed by atoms with Crippen LogP contribution in [-0.4, -0.2) is 31.0 Å². The number of aliphatic hydroxyl groups is 1. The van der Waals surface area contributed by atoms with Crippen molar-refractivity contribution in [2.75, 3.05) is 19.1 Å². The van der Waals surface area contributed by atoms with Crippen LogP contribution in [0.3, 0.4) is 0 Å². The highest BCUT2D eigenvalue weighted by atomic mass is 35.5. The van der Waals surface area contributed by atoms with Crippen LogP contribution in [-0.2, 0) is 9.59 Å². The largest absolute Gasteiger partial charge is 0.507 e. The minimum atomic E-state index is -1.18. The average molecular weight is 500 g/mol. The fourth-order valence-electron chi connectivity index (χ4n) is 4.08. The number of halogens is 3. The summed E-state index contributed by atoms with van der Waals surface area (Å²) in [5.41, 5.74) is 1.07. The molecule has 9 heteroatoms. The Bertz CT molecular complexity index is 1390. The number of Topliss-reactive ketones (excluding diaryl/α,β-unsaturated/α-hetero) is 1. The monoisotopic (exact) mass is 499 g/mol. The Kier molecular flexibility index (Phi) is 6.49. The fraction of sp³-hybridized carbons (Fsp3) is 0.154. The van der Waals surface area contributed by atoms with Gasteiger partial charge in [-0.1, -0.05) is 41.4 Å². The Labute approximate surface area is 205 Å². The molecule has 1 fully saturated rings. The first kappa shape index (κ1) is 24.2. The van der Waals surface area contributed by atoms with E-state index in [4.69, 9.17) is 21.1 Å². The summed E-state index contributed by atoms with van der Waals surface area (Å²) in [6.45, 7) is 1.82. The summed E-state index contributed by atoms with van der Waals surface area (Å²) in [5, 5.41) is 11.6. The average Bonchev–Trinajstić information content (AvgIpc) is 3.10. The first-order chi connectivity index (χ1) is 16.7. The zero-order chi connectivity index (χ0) is 25.4. The summed E-state index contributed by atoms with van der Waals surface area (Å²) in [4.78, 5) is 27.5. The van der Waals surface area contributed by atoms with Crippen molar-refractivity contribution in [3.8, 4) is 11.5 Å². The molecule has 1 amide bonds. The third kappa shape index (κ3) is 4.21. The molecule has 6 nitrogen and oxygen atoms in total. The molecule has 1 N–H and O–H groups in total. The molecule has 0 aromatic heterocycles. The second kappa shape index (κ2) is 9.38. The van der Waals surface area contributed by atoms with E-state index in [0.717, 1.165) is 22.6 Å². The van der Waals surface area contributed by atoms with Gasteiger partial charge in [0.25, 0.3) is 11.7 Å². The van der Waals surface area contributed by atoms with Crippen LogP contribution in [0.15, 0.2) is 60.2 Å². The number of ether oxygens (including phenoxy) is 2. The van der Waals surface area contributed by atoms with E-state index in [0.29, 0.717) is 5.56 Å². The first-order valence-electron chi connectivity index (χ1n) is 10.4. The van der Waals surface area contributed by atoms with Gasteiger partial charge in [-0.3, -0.25) is 14.5 Å². The van der Waals surface area contributed by atoms with Crippen molar-refractivity contribution in [1.29, 1.82) is 0 Å². The van der Waals surface area contributed by atoms with Gasteiger partial charge in [0.2, 0.25) is 0 Å². The quantitative estimate of drug-likeness (QED) is 0.282. The third-order valence-electron chi connectivity index (χ3n) is 5.71. The Hall–Kier alpha value is -3.91. The fourth-order valence-corrected chi connectivity index (χ4v) is 4.31. The SMILES string of the molecule is COc1cc(/C(O)=C2\C(=O)C(=O)N(c3ccc(F)c(F)c3)C2c2cccc(C)c2)c(OC)cc1Cl. The summed E-state index contributed by atoms with van der Waals surface area (Å²) in [6.07, 6.45) is 0. The molecule has 3 aromatic rings. The van der Waals surface area contributed by atoms with Crippen molar-refractivity contribution >= 4 is 34.7 Å². The van der Waals surface area contributed by atoms with Gasteiger partial charge in [0.15, 0.2) is 11.6 Å². The molecule has 0 saturated carbocycles. The van der Waals surface area contributed by atoms with E-state index in [1.807, 2.05) is 13.0 Å². The summed E-state index contributed by atoms with van der Waals surface area (Å²) in [6, 6.07) is 11.5. The molecule has 180 valence electrons. The lowest BCUT2D eigenvalue weighted by atomic mass is 9.94. The highest BCUT2D eigenvalue weighted by molar-refractivity contribution is 6.51. The normalized spacial score (nSPS) is 17.1. The van der Waals surface area contributed by atoms with Gasteiger partial charge in [-0.25, -0.2) is 8.78 Å². The number of aliphatic hydroxyl groups excluding tert-OH is 1. The molecular formula is C26H20ClF2NO5. The lowest BCUT2D eigenvalue weighted by molar-refractivity contribution is -0.132. The number of ketones is 1. The van der Waals surface area contributed by atoms with Crippen LogP contribution in [0, 0.1) is 18.6 Å². The number of rotatable bonds is 5. The number of carbonyl (C=O) groups excluding carboxylic acids is 2. The van der Waals surface area contributed by atoms with Crippen molar-refractivity contribution in [2.24, 2.45) is 0 Å². The topological polar surface area (TPSA) is 76.1 Å². The Balaban J connectivity index is 2.01. The maximum Gasteiger partial charge on any atom is 0.300 e. The van der Waals surface area contributed by atoms with Gasteiger partial charge >= 0.3 is 0 Å². The molecule has 1 aliphatic heterocycles. The third-order valence-corrected chi connectivity index (χ3v) is 6.01. The summed E-state index contributed by atoms with van der Waals surface area (Å²) in [5.74, 6) is -4.50. The van der Waals surface area contributed by atoms with Crippen LogP contribution in [0.1, 0.15) is 22.7 Å². The highest BCUT2D eigenvalue weighted by Gasteiger charge is 2.47. The van der Waals surface area contributed by atoms with Crippen molar-refractivity contribution < 1.29 is 33.0 Å². The number of methoxy groups -OCH3 is 2. The second-order valence-corrected chi connectivity index (χ2v) is 8.28. The lowest BCUT2D eigenvalue weighted by Crippen LogP contribution is -2.29. The van der Waals surface area contributed by atoms with Crippen molar-refractivity contribution in [2.45, 2.75) is 13.0 Å². The van der Waals surface area contributed by atoms with Crippen LogP contribution in [0.25, 0.3) is 5.76 Å². The molecule has 35 heavy (non-hydrogen) atoms.